The third-order valence-corrected chi connectivity index (χ3v) is 4.41. The Balaban J connectivity index is 1.73. The third kappa shape index (κ3) is 5.27. The lowest BCUT2D eigenvalue weighted by Crippen LogP contribution is -2.54. The summed E-state index contributed by atoms with van der Waals surface area (Å²) in [5, 5.41) is 0. The van der Waals surface area contributed by atoms with E-state index in [0.29, 0.717) is 6.04 Å². The van der Waals surface area contributed by atoms with Crippen LogP contribution in [0.3, 0.4) is 0 Å². The zero-order chi connectivity index (χ0) is 15.8. The highest BCUT2D eigenvalue weighted by Crippen LogP contribution is 2.14. The van der Waals surface area contributed by atoms with E-state index in [0.717, 1.165) is 51.7 Å². The monoisotopic (exact) mass is 306 g/mol. The SMILES string of the molecule is CC[C@@H]1CN(CCOc2cccc(C)c2)CCN1CCOC. The minimum atomic E-state index is 0.642. The summed E-state index contributed by atoms with van der Waals surface area (Å²) >= 11 is 0. The molecule has 1 fully saturated rings. The Morgan fingerprint density at radius 3 is 2.77 bits per heavy atom. The lowest BCUT2D eigenvalue weighted by atomic mass is 10.1. The van der Waals surface area contributed by atoms with Gasteiger partial charge in [0, 0.05) is 45.9 Å². The molecule has 0 spiro atoms. The summed E-state index contributed by atoms with van der Waals surface area (Å²) in [4.78, 5) is 5.08. The van der Waals surface area contributed by atoms with E-state index in [4.69, 9.17) is 9.47 Å². The number of hydrogen-bond acceptors (Lipinski definition) is 4. The molecule has 2 rings (SSSR count). The highest BCUT2D eigenvalue weighted by atomic mass is 16.5. The van der Waals surface area contributed by atoms with Crippen LogP contribution < -0.4 is 4.74 Å². The summed E-state index contributed by atoms with van der Waals surface area (Å²) in [7, 11) is 1.78. The first-order chi connectivity index (χ1) is 10.7. The number of aryl methyl sites for hydroxylation is 1. The van der Waals surface area contributed by atoms with Crippen LogP contribution in [0, 0.1) is 6.92 Å². The molecule has 1 aliphatic rings. The van der Waals surface area contributed by atoms with E-state index in [2.05, 4.69) is 35.8 Å². The Labute approximate surface area is 135 Å². The van der Waals surface area contributed by atoms with Gasteiger partial charge in [0.15, 0.2) is 0 Å². The number of ether oxygens (including phenoxy) is 2. The third-order valence-electron chi connectivity index (χ3n) is 4.41. The molecule has 0 saturated carbocycles. The Morgan fingerprint density at radius 1 is 1.18 bits per heavy atom. The highest BCUT2D eigenvalue weighted by Gasteiger charge is 2.24. The molecule has 1 aromatic rings. The van der Waals surface area contributed by atoms with Crippen LogP contribution in [0.15, 0.2) is 24.3 Å². The van der Waals surface area contributed by atoms with Gasteiger partial charge < -0.3 is 9.47 Å². The Hall–Kier alpha value is -1.10. The molecule has 1 saturated heterocycles. The maximum atomic E-state index is 5.87. The standard InChI is InChI=1S/C18H30N2O2/c1-4-17-15-19(8-9-20(17)11-12-21-3)10-13-22-18-7-5-6-16(2)14-18/h5-7,14,17H,4,8-13,15H2,1-3H3/t17-/m1/s1. The maximum absolute atomic E-state index is 5.87. The molecule has 22 heavy (non-hydrogen) atoms. The van der Waals surface area contributed by atoms with E-state index in [1.807, 2.05) is 12.1 Å². The number of hydrogen-bond donors (Lipinski definition) is 0. The lowest BCUT2D eigenvalue weighted by molar-refractivity contribution is 0.0444. The van der Waals surface area contributed by atoms with Gasteiger partial charge in [-0.25, -0.2) is 0 Å². The first-order valence-corrected chi connectivity index (χ1v) is 8.37. The van der Waals surface area contributed by atoms with Crippen molar-refractivity contribution in [1.29, 1.82) is 0 Å². The van der Waals surface area contributed by atoms with Crippen molar-refractivity contribution in [3.63, 3.8) is 0 Å². The molecule has 1 aromatic carbocycles. The summed E-state index contributed by atoms with van der Waals surface area (Å²) in [5.74, 6) is 0.978. The summed E-state index contributed by atoms with van der Waals surface area (Å²) in [6.07, 6.45) is 1.19. The molecule has 0 bridgehead atoms. The van der Waals surface area contributed by atoms with Crippen LogP contribution in [0.25, 0.3) is 0 Å². The first kappa shape index (κ1) is 17.3. The number of rotatable bonds is 8. The predicted molar refractivity (Wildman–Crippen MR) is 90.6 cm³/mol. The molecule has 4 heteroatoms. The smallest absolute Gasteiger partial charge is 0.119 e. The molecule has 1 atom stereocenters. The number of benzene rings is 1. The number of piperazine rings is 1. The van der Waals surface area contributed by atoms with Crippen molar-refractivity contribution in [2.24, 2.45) is 0 Å². The molecule has 4 nitrogen and oxygen atoms in total. The van der Waals surface area contributed by atoms with E-state index in [-0.39, 0.29) is 0 Å². The van der Waals surface area contributed by atoms with Crippen LogP contribution in [0.2, 0.25) is 0 Å². The van der Waals surface area contributed by atoms with Gasteiger partial charge in [0.25, 0.3) is 0 Å². The molecule has 1 heterocycles. The Morgan fingerprint density at radius 2 is 2.05 bits per heavy atom. The van der Waals surface area contributed by atoms with Gasteiger partial charge in [-0.3, -0.25) is 9.80 Å². The molecular formula is C18H30N2O2. The maximum Gasteiger partial charge on any atom is 0.119 e. The first-order valence-electron chi connectivity index (χ1n) is 8.37. The van der Waals surface area contributed by atoms with Crippen molar-refractivity contribution >= 4 is 0 Å². The summed E-state index contributed by atoms with van der Waals surface area (Å²) in [6, 6.07) is 8.91. The second kappa shape index (κ2) is 9.13. The normalized spacial score (nSPS) is 20.2. The van der Waals surface area contributed by atoms with Crippen molar-refractivity contribution in [2.45, 2.75) is 26.3 Å². The quantitative estimate of drug-likeness (QED) is 0.736. The fourth-order valence-corrected chi connectivity index (χ4v) is 3.05. The Kier molecular flexibility index (Phi) is 7.16. The Bertz CT molecular complexity index is 439. The van der Waals surface area contributed by atoms with Crippen LogP contribution >= 0.6 is 0 Å². The van der Waals surface area contributed by atoms with Gasteiger partial charge in [0.1, 0.15) is 12.4 Å². The van der Waals surface area contributed by atoms with Gasteiger partial charge in [-0.05, 0) is 31.0 Å². The zero-order valence-electron chi connectivity index (χ0n) is 14.3. The van der Waals surface area contributed by atoms with Crippen LogP contribution in [0.1, 0.15) is 18.9 Å². The van der Waals surface area contributed by atoms with Crippen LogP contribution in [0.5, 0.6) is 5.75 Å². The van der Waals surface area contributed by atoms with Gasteiger partial charge in [-0.2, -0.15) is 0 Å². The molecule has 0 aliphatic carbocycles. The van der Waals surface area contributed by atoms with Gasteiger partial charge in [0.05, 0.1) is 6.61 Å². The largest absolute Gasteiger partial charge is 0.492 e. The van der Waals surface area contributed by atoms with Crippen molar-refractivity contribution in [1.82, 2.24) is 9.80 Å². The minimum Gasteiger partial charge on any atom is -0.492 e. The fourth-order valence-electron chi connectivity index (χ4n) is 3.05. The predicted octanol–water partition coefficient (Wildman–Crippen LogP) is 2.42. The zero-order valence-corrected chi connectivity index (χ0v) is 14.3. The van der Waals surface area contributed by atoms with Gasteiger partial charge in [-0.1, -0.05) is 19.1 Å². The molecule has 0 radical (unpaired) electrons. The summed E-state index contributed by atoms with van der Waals surface area (Å²) < 4.78 is 11.1. The number of methoxy groups -OCH3 is 1. The fraction of sp³-hybridized carbons (Fsp3) is 0.667. The molecular weight excluding hydrogens is 276 g/mol. The van der Waals surface area contributed by atoms with Crippen molar-refractivity contribution in [2.75, 3.05) is 53.0 Å². The average Bonchev–Trinajstić information content (AvgIpc) is 2.53. The molecule has 124 valence electrons. The van der Waals surface area contributed by atoms with E-state index < -0.39 is 0 Å². The van der Waals surface area contributed by atoms with Crippen LogP contribution in [0.4, 0.5) is 0 Å². The summed E-state index contributed by atoms with van der Waals surface area (Å²) in [6.45, 7) is 11.4. The molecule has 1 aliphatic heterocycles. The van der Waals surface area contributed by atoms with Gasteiger partial charge in [0.2, 0.25) is 0 Å². The van der Waals surface area contributed by atoms with Gasteiger partial charge in [-0.15, -0.1) is 0 Å². The van der Waals surface area contributed by atoms with Crippen molar-refractivity contribution < 1.29 is 9.47 Å². The van der Waals surface area contributed by atoms with E-state index >= 15 is 0 Å². The number of nitrogens with zero attached hydrogens (tertiary/aromatic N) is 2. The second-order valence-corrected chi connectivity index (χ2v) is 6.06. The van der Waals surface area contributed by atoms with Gasteiger partial charge >= 0.3 is 0 Å². The molecule has 0 amide bonds. The van der Waals surface area contributed by atoms with E-state index in [9.17, 15) is 0 Å². The highest BCUT2D eigenvalue weighted by molar-refractivity contribution is 5.27. The molecule has 0 N–H and O–H groups in total. The van der Waals surface area contributed by atoms with E-state index in [1.165, 1.54) is 12.0 Å². The molecule has 0 unspecified atom stereocenters. The van der Waals surface area contributed by atoms with Crippen molar-refractivity contribution in [3.8, 4) is 5.75 Å². The second-order valence-electron chi connectivity index (χ2n) is 6.06. The van der Waals surface area contributed by atoms with Crippen LogP contribution in [-0.4, -0.2) is 68.9 Å². The van der Waals surface area contributed by atoms with Crippen LogP contribution in [-0.2, 0) is 4.74 Å². The minimum absolute atomic E-state index is 0.642. The molecule has 0 aromatic heterocycles. The topological polar surface area (TPSA) is 24.9 Å². The summed E-state index contributed by atoms with van der Waals surface area (Å²) in [5.41, 5.74) is 1.25. The lowest BCUT2D eigenvalue weighted by Gasteiger charge is -2.41. The van der Waals surface area contributed by atoms with E-state index in [1.54, 1.807) is 7.11 Å². The van der Waals surface area contributed by atoms with Crippen molar-refractivity contribution in [3.05, 3.63) is 29.8 Å². The average molecular weight is 306 g/mol.